The van der Waals surface area contributed by atoms with Crippen molar-refractivity contribution < 1.29 is 13.9 Å². The van der Waals surface area contributed by atoms with Crippen LogP contribution in [0.4, 0.5) is 0 Å². The zero-order chi connectivity index (χ0) is 16.8. The molecule has 3 aromatic rings. The zero-order valence-electron chi connectivity index (χ0n) is 13.0. The maximum absolute atomic E-state index is 11.1. The summed E-state index contributed by atoms with van der Waals surface area (Å²) in [5.74, 6) is 1.46. The van der Waals surface area contributed by atoms with Gasteiger partial charge in [0.2, 0.25) is 5.82 Å². The van der Waals surface area contributed by atoms with Crippen LogP contribution in [0.5, 0.6) is 0 Å². The van der Waals surface area contributed by atoms with E-state index in [9.17, 15) is 4.79 Å². The van der Waals surface area contributed by atoms with E-state index in [-0.39, 0.29) is 5.97 Å². The van der Waals surface area contributed by atoms with Gasteiger partial charge in [-0.3, -0.25) is 4.57 Å². The number of hydrogen-bond acceptors (Lipinski definition) is 6. The van der Waals surface area contributed by atoms with E-state index in [2.05, 4.69) is 14.9 Å². The Bertz CT molecular complexity index is 826. The molecular weight excluding hydrogens is 326 g/mol. The van der Waals surface area contributed by atoms with Crippen LogP contribution in [0.15, 0.2) is 70.5 Å². The molecule has 7 heteroatoms. The van der Waals surface area contributed by atoms with Gasteiger partial charge in [0.15, 0.2) is 10.9 Å². The molecule has 0 bridgehead atoms. The fourth-order valence-corrected chi connectivity index (χ4v) is 2.83. The normalized spacial score (nSPS) is 11.0. The van der Waals surface area contributed by atoms with E-state index in [4.69, 9.17) is 4.42 Å². The number of benzene rings is 1. The first-order valence-electron chi connectivity index (χ1n) is 7.21. The number of nitrogens with zero attached hydrogens (tertiary/aromatic N) is 3. The summed E-state index contributed by atoms with van der Waals surface area (Å²) in [7, 11) is 1.35. The average Bonchev–Trinajstić information content (AvgIpc) is 3.28. The molecule has 0 spiro atoms. The fraction of sp³-hybridized carbons (Fsp3) is 0.118. The van der Waals surface area contributed by atoms with E-state index in [0.29, 0.717) is 22.5 Å². The van der Waals surface area contributed by atoms with Gasteiger partial charge < -0.3 is 9.15 Å². The second-order valence-electron chi connectivity index (χ2n) is 4.69. The molecule has 0 radical (unpaired) electrons. The number of carbonyl (C=O) groups excluding carboxylic acids is 1. The van der Waals surface area contributed by atoms with Crippen LogP contribution in [0.2, 0.25) is 0 Å². The molecule has 0 aliphatic rings. The van der Waals surface area contributed by atoms with E-state index >= 15 is 0 Å². The number of ether oxygens (including phenoxy) is 1. The summed E-state index contributed by atoms with van der Waals surface area (Å²) < 4.78 is 12.0. The largest absolute Gasteiger partial charge is 0.466 e. The highest BCUT2D eigenvalue weighted by Crippen LogP contribution is 2.28. The molecule has 0 saturated heterocycles. The Morgan fingerprint density at radius 3 is 2.79 bits per heavy atom. The number of esters is 1. The lowest BCUT2D eigenvalue weighted by atomic mass is 10.3. The summed E-state index contributed by atoms with van der Waals surface area (Å²) in [5, 5.41) is 9.21. The van der Waals surface area contributed by atoms with Crippen molar-refractivity contribution in [2.24, 2.45) is 0 Å². The Balaban J connectivity index is 1.89. The van der Waals surface area contributed by atoms with E-state index in [1.165, 1.54) is 24.9 Å². The molecule has 3 rings (SSSR count). The monoisotopic (exact) mass is 341 g/mol. The van der Waals surface area contributed by atoms with Gasteiger partial charge in [-0.05, 0) is 24.3 Å². The van der Waals surface area contributed by atoms with E-state index < -0.39 is 0 Å². The first-order valence-corrected chi connectivity index (χ1v) is 8.20. The average molecular weight is 341 g/mol. The quantitative estimate of drug-likeness (QED) is 0.389. The van der Waals surface area contributed by atoms with Gasteiger partial charge in [-0.1, -0.05) is 36.0 Å². The molecule has 24 heavy (non-hydrogen) atoms. The number of furan rings is 1. The van der Waals surface area contributed by atoms with E-state index in [0.717, 1.165) is 5.69 Å². The van der Waals surface area contributed by atoms with Gasteiger partial charge in [-0.2, -0.15) is 0 Å². The highest BCUT2D eigenvalue weighted by molar-refractivity contribution is 7.99. The topological polar surface area (TPSA) is 70.2 Å². The van der Waals surface area contributed by atoms with Crippen LogP contribution in [0.3, 0.4) is 0 Å². The molecular formula is C17H15N3O3S. The second kappa shape index (κ2) is 7.65. The highest BCUT2D eigenvalue weighted by atomic mass is 32.2. The number of thioether (sulfide) groups is 1. The molecule has 2 heterocycles. The molecule has 122 valence electrons. The fourth-order valence-electron chi connectivity index (χ4n) is 2.07. The summed E-state index contributed by atoms with van der Waals surface area (Å²) in [5.41, 5.74) is 0.938. The highest BCUT2D eigenvalue weighted by Gasteiger charge is 2.17. The summed E-state index contributed by atoms with van der Waals surface area (Å²) in [6, 6.07) is 13.5. The molecule has 6 nitrogen and oxygen atoms in total. The number of hydrogen-bond donors (Lipinski definition) is 0. The summed E-state index contributed by atoms with van der Waals surface area (Å²) in [6.07, 6.45) is 4.72. The van der Waals surface area contributed by atoms with Gasteiger partial charge in [-0.25, -0.2) is 4.79 Å². The maximum Gasteiger partial charge on any atom is 0.330 e. The molecule has 1 aromatic carbocycles. The molecule has 0 amide bonds. The van der Waals surface area contributed by atoms with Gasteiger partial charge in [0.1, 0.15) is 0 Å². The van der Waals surface area contributed by atoms with Gasteiger partial charge in [0, 0.05) is 17.5 Å². The molecule has 0 unspecified atom stereocenters. The lowest BCUT2D eigenvalue weighted by Crippen LogP contribution is -1.99. The van der Waals surface area contributed by atoms with Crippen LogP contribution >= 0.6 is 11.8 Å². The Hall–Kier alpha value is -2.80. The number of aromatic nitrogens is 3. The first-order chi connectivity index (χ1) is 11.8. The molecule has 0 saturated carbocycles. The number of para-hydroxylation sites is 1. The number of rotatable bonds is 6. The van der Waals surface area contributed by atoms with Gasteiger partial charge in [-0.15, -0.1) is 10.2 Å². The Labute approximate surface area is 143 Å². The Morgan fingerprint density at radius 1 is 1.25 bits per heavy atom. The van der Waals surface area contributed by atoms with Crippen molar-refractivity contribution in [3.63, 3.8) is 0 Å². The standard InChI is InChI=1S/C17H15N3O3S/c1-22-15(21)10-6-12-24-17-19-18-16(14-9-5-11-23-14)20(17)13-7-3-2-4-8-13/h2-11H,12H2,1H3/b10-6+. The minimum Gasteiger partial charge on any atom is -0.466 e. The Kier molecular flexibility index (Phi) is 5.12. The van der Waals surface area contributed by atoms with E-state index in [1.807, 2.05) is 47.0 Å². The molecule has 0 fully saturated rings. The van der Waals surface area contributed by atoms with Crippen LogP contribution in [0.25, 0.3) is 17.3 Å². The van der Waals surface area contributed by atoms with Gasteiger partial charge in [0.25, 0.3) is 0 Å². The van der Waals surface area contributed by atoms with Crippen molar-refractivity contribution in [2.45, 2.75) is 5.16 Å². The second-order valence-corrected chi connectivity index (χ2v) is 5.68. The molecule has 0 atom stereocenters. The van der Waals surface area contributed by atoms with Crippen molar-refractivity contribution in [3.8, 4) is 17.3 Å². The summed E-state index contributed by atoms with van der Waals surface area (Å²) in [6.45, 7) is 0. The smallest absolute Gasteiger partial charge is 0.330 e. The molecule has 2 aromatic heterocycles. The number of methoxy groups -OCH3 is 1. The summed E-state index contributed by atoms with van der Waals surface area (Å²) >= 11 is 1.47. The number of carbonyl (C=O) groups is 1. The minimum absolute atomic E-state index is 0.378. The third-order valence-corrected chi connectivity index (χ3v) is 4.03. The van der Waals surface area contributed by atoms with Crippen molar-refractivity contribution in [2.75, 3.05) is 12.9 Å². The van der Waals surface area contributed by atoms with Crippen LogP contribution in [0, 0.1) is 0 Å². The van der Waals surface area contributed by atoms with Gasteiger partial charge in [0.05, 0.1) is 13.4 Å². The maximum atomic E-state index is 11.1. The van der Waals surface area contributed by atoms with Gasteiger partial charge >= 0.3 is 5.97 Å². The van der Waals surface area contributed by atoms with Crippen molar-refractivity contribution in [3.05, 3.63) is 60.9 Å². The zero-order valence-corrected chi connectivity index (χ0v) is 13.8. The predicted octanol–water partition coefficient (Wildman–Crippen LogP) is 3.35. The molecule has 0 aliphatic carbocycles. The molecule has 0 N–H and O–H groups in total. The Morgan fingerprint density at radius 2 is 2.08 bits per heavy atom. The lowest BCUT2D eigenvalue weighted by molar-refractivity contribution is -0.134. The predicted molar refractivity (Wildman–Crippen MR) is 90.9 cm³/mol. The third-order valence-electron chi connectivity index (χ3n) is 3.15. The summed E-state index contributed by atoms with van der Waals surface area (Å²) in [4.78, 5) is 11.1. The van der Waals surface area contributed by atoms with Crippen LogP contribution in [-0.4, -0.2) is 33.6 Å². The van der Waals surface area contributed by atoms with Crippen molar-refractivity contribution >= 4 is 17.7 Å². The van der Waals surface area contributed by atoms with Crippen LogP contribution < -0.4 is 0 Å². The van der Waals surface area contributed by atoms with Crippen LogP contribution in [0.1, 0.15) is 0 Å². The van der Waals surface area contributed by atoms with Crippen molar-refractivity contribution in [1.29, 1.82) is 0 Å². The third kappa shape index (κ3) is 3.57. The first kappa shape index (κ1) is 16.1. The van der Waals surface area contributed by atoms with Crippen molar-refractivity contribution in [1.82, 2.24) is 14.8 Å². The molecule has 0 aliphatic heterocycles. The SMILES string of the molecule is COC(=O)/C=C/CSc1nnc(-c2ccco2)n1-c1ccccc1. The van der Waals surface area contributed by atoms with E-state index in [1.54, 1.807) is 12.3 Å². The minimum atomic E-state index is -0.378. The van der Waals surface area contributed by atoms with Crippen LogP contribution in [-0.2, 0) is 9.53 Å². The lowest BCUT2D eigenvalue weighted by Gasteiger charge is -2.08.